The van der Waals surface area contributed by atoms with Crippen LogP contribution in [0.25, 0.3) is 0 Å². The largest absolute Gasteiger partial charge is 0.352 e. The van der Waals surface area contributed by atoms with Crippen LogP contribution in [-0.4, -0.2) is 11.8 Å². The predicted octanol–water partition coefficient (Wildman–Crippen LogP) is 2.41. The molecule has 2 aromatic carbocycles. The number of rotatable bonds is 7. The molecule has 5 nitrogen and oxygen atoms in total. The second-order valence-electron chi connectivity index (χ2n) is 5.49. The molecule has 0 saturated heterocycles. The van der Waals surface area contributed by atoms with E-state index in [1.54, 1.807) is 36.4 Å². The molecule has 0 bridgehead atoms. The van der Waals surface area contributed by atoms with E-state index in [4.69, 9.17) is 5.26 Å². The normalized spacial score (nSPS) is 9.92. The van der Waals surface area contributed by atoms with Crippen molar-refractivity contribution >= 4 is 11.8 Å². The highest BCUT2D eigenvalue weighted by Crippen LogP contribution is 2.04. The van der Waals surface area contributed by atoms with Crippen LogP contribution in [-0.2, 0) is 22.7 Å². The Labute approximate surface area is 145 Å². The van der Waals surface area contributed by atoms with Gasteiger partial charge in [-0.25, -0.2) is 4.39 Å². The van der Waals surface area contributed by atoms with Crippen molar-refractivity contribution in [1.82, 2.24) is 10.6 Å². The third kappa shape index (κ3) is 6.43. The summed E-state index contributed by atoms with van der Waals surface area (Å²) < 4.78 is 12.8. The summed E-state index contributed by atoms with van der Waals surface area (Å²) in [4.78, 5) is 23.5. The summed E-state index contributed by atoms with van der Waals surface area (Å²) in [5.41, 5.74) is 2.24. The molecule has 0 aliphatic rings. The minimum atomic E-state index is -0.325. The fourth-order valence-electron chi connectivity index (χ4n) is 2.10. The molecule has 0 aliphatic carbocycles. The fraction of sp³-hybridized carbons (Fsp3) is 0.211. The van der Waals surface area contributed by atoms with E-state index < -0.39 is 0 Å². The lowest BCUT2D eigenvalue weighted by Crippen LogP contribution is -2.27. The Morgan fingerprint density at radius 1 is 0.840 bits per heavy atom. The standard InChI is InChI=1S/C19H18FN3O2/c20-17-7-5-16(6-8-17)13-23-19(25)10-9-18(24)22-12-15-3-1-14(11-21)2-4-15/h1-8H,9-10,12-13H2,(H,22,24)(H,23,25). The Hall–Kier alpha value is -3.20. The van der Waals surface area contributed by atoms with E-state index in [0.717, 1.165) is 11.1 Å². The molecule has 6 heteroatoms. The molecular weight excluding hydrogens is 321 g/mol. The molecule has 128 valence electrons. The third-order valence-electron chi connectivity index (χ3n) is 3.55. The number of carbonyl (C=O) groups is 2. The van der Waals surface area contributed by atoms with E-state index in [1.165, 1.54) is 12.1 Å². The maximum Gasteiger partial charge on any atom is 0.220 e. The molecule has 0 aromatic heterocycles. The van der Waals surface area contributed by atoms with Crippen LogP contribution in [0.1, 0.15) is 29.5 Å². The summed E-state index contributed by atoms with van der Waals surface area (Å²) in [5.74, 6) is -0.784. The minimum absolute atomic E-state index is 0.0837. The highest BCUT2D eigenvalue weighted by Gasteiger charge is 2.07. The van der Waals surface area contributed by atoms with E-state index in [-0.39, 0.29) is 30.5 Å². The van der Waals surface area contributed by atoms with Gasteiger partial charge in [-0.3, -0.25) is 9.59 Å². The van der Waals surface area contributed by atoms with Gasteiger partial charge in [0.1, 0.15) is 5.82 Å². The number of halogens is 1. The van der Waals surface area contributed by atoms with Crippen LogP contribution >= 0.6 is 0 Å². The van der Waals surface area contributed by atoms with Gasteiger partial charge in [0.2, 0.25) is 11.8 Å². The first-order valence-corrected chi connectivity index (χ1v) is 7.83. The first-order chi connectivity index (χ1) is 12.1. The third-order valence-corrected chi connectivity index (χ3v) is 3.55. The molecule has 0 fully saturated rings. The predicted molar refractivity (Wildman–Crippen MR) is 90.5 cm³/mol. The number of hydrogen-bond donors (Lipinski definition) is 2. The van der Waals surface area contributed by atoms with Gasteiger partial charge in [0.25, 0.3) is 0 Å². The monoisotopic (exact) mass is 339 g/mol. The number of carbonyl (C=O) groups excluding carboxylic acids is 2. The quantitative estimate of drug-likeness (QED) is 0.813. The van der Waals surface area contributed by atoms with Crippen LogP contribution in [0.4, 0.5) is 4.39 Å². The minimum Gasteiger partial charge on any atom is -0.352 e. The molecule has 2 aromatic rings. The Bertz CT molecular complexity index is 765. The first-order valence-electron chi connectivity index (χ1n) is 7.83. The summed E-state index contributed by atoms with van der Waals surface area (Å²) in [5, 5.41) is 14.1. The lowest BCUT2D eigenvalue weighted by Gasteiger charge is -2.07. The van der Waals surface area contributed by atoms with Gasteiger partial charge in [-0.15, -0.1) is 0 Å². The topological polar surface area (TPSA) is 82.0 Å². The fourth-order valence-corrected chi connectivity index (χ4v) is 2.10. The second kappa shape index (κ2) is 9.18. The van der Waals surface area contributed by atoms with Gasteiger partial charge in [-0.1, -0.05) is 24.3 Å². The van der Waals surface area contributed by atoms with Crippen LogP contribution in [0.2, 0.25) is 0 Å². The van der Waals surface area contributed by atoms with Crippen LogP contribution < -0.4 is 10.6 Å². The maximum atomic E-state index is 12.8. The summed E-state index contributed by atoms with van der Waals surface area (Å²) in [6, 6.07) is 14.8. The number of nitriles is 1. The molecule has 0 heterocycles. The SMILES string of the molecule is N#Cc1ccc(CNC(=O)CCC(=O)NCc2ccc(F)cc2)cc1. The van der Waals surface area contributed by atoms with Crippen molar-refractivity contribution in [3.05, 3.63) is 71.0 Å². The summed E-state index contributed by atoms with van der Waals surface area (Å²) in [6.45, 7) is 0.647. The molecule has 2 N–H and O–H groups in total. The van der Waals surface area contributed by atoms with Gasteiger partial charge in [-0.05, 0) is 35.4 Å². The van der Waals surface area contributed by atoms with Gasteiger partial charge >= 0.3 is 0 Å². The van der Waals surface area contributed by atoms with Crippen molar-refractivity contribution in [2.24, 2.45) is 0 Å². The average molecular weight is 339 g/mol. The molecule has 2 amide bonds. The molecule has 0 radical (unpaired) electrons. The van der Waals surface area contributed by atoms with Crippen LogP contribution in [0.3, 0.4) is 0 Å². The Morgan fingerprint density at radius 3 is 1.72 bits per heavy atom. The second-order valence-corrected chi connectivity index (χ2v) is 5.49. The van der Waals surface area contributed by atoms with Crippen molar-refractivity contribution in [2.75, 3.05) is 0 Å². The van der Waals surface area contributed by atoms with Gasteiger partial charge < -0.3 is 10.6 Å². The molecule has 0 atom stereocenters. The zero-order chi connectivity index (χ0) is 18.1. The average Bonchev–Trinajstić information content (AvgIpc) is 2.64. The number of nitrogens with one attached hydrogen (secondary N) is 2. The summed E-state index contributed by atoms with van der Waals surface area (Å²) in [7, 11) is 0. The first kappa shape index (κ1) is 18.1. The highest BCUT2D eigenvalue weighted by atomic mass is 19.1. The van der Waals surface area contributed by atoms with Crippen molar-refractivity contribution in [1.29, 1.82) is 5.26 Å². The molecular formula is C19H18FN3O2. The zero-order valence-corrected chi connectivity index (χ0v) is 13.6. The van der Waals surface area contributed by atoms with E-state index >= 15 is 0 Å². The van der Waals surface area contributed by atoms with Gasteiger partial charge in [0, 0.05) is 25.9 Å². The summed E-state index contributed by atoms with van der Waals surface area (Å²) >= 11 is 0. The maximum absolute atomic E-state index is 12.8. The Balaban J connectivity index is 1.65. The number of benzene rings is 2. The molecule has 0 unspecified atom stereocenters. The molecule has 0 saturated carbocycles. The van der Waals surface area contributed by atoms with Crippen molar-refractivity contribution in [3.63, 3.8) is 0 Å². The van der Waals surface area contributed by atoms with Crippen LogP contribution in [0.5, 0.6) is 0 Å². The van der Waals surface area contributed by atoms with Crippen LogP contribution in [0, 0.1) is 17.1 Å². The number of nitrogens with zero attached hydrogens (tertiary/aromatic N) is 1. The lowest BCUT2D eigenvalue weighted by atomic mass is 10.1. The van der Waals surface area contributed by atoms with E-state index in [9.17, 15) is 14.0 Å². The molecule has 0 aliphatic heterocycles. The van der Waals surface area contributed by atoms with Gasteiger partial charge in [0.05, 0.1) is 11.6 Å². The zero-order valence-electron chi connectivity index (χ0n) is 13.6. The smallest absolute Gasteiger partial charge is 0.220 e. The van der Waals surface area contributed by atoms with Crippen molar-refractivity contribution in [2.45, 2.75) is 25.9 Å². The van der Waals surface area contributed by atoms with Gasteiger partial charge in [0.15, 0.2) is 0 Å². The highest BCUT2D eigenvalue weighted by molar-refractivity contribution is 5.83. The lowest BCUT2D eigenvalue weighted by molar-refractivity contribution is -0.126. The molecule has 25 heavy (non-hydrogen) atoms. The van der Waals surface area contributed by atoms with Crippen molar-refractivity contribution in [3.8, 4) is 6.07 Å². The van der Waals surface area contributed by atoms with E-state index in [0.29, 0.717) is 18.7 Å². The Kier molecular flexibility index (Phi) is 6.66. The Morgan fingerprint density at radius 2 is 1.28 bits per heavy atom. The van der Waals surface area contributed by atoms with Gasteiger partial charge in [-0.2, -0.15) is 5.26 Å². The van der Waals surface area contributed by atoms with E-state index in [1.807, 2.05) is 6.07 Å². The molecule has 0 spiro atoms. The van der Waals surface area contributed by atoms with Crippen LogP contribution in [0.15, 0.2) is 48.5 Å². The molecule has 2 rings (SSSR count). The number of amides is 2. The summed E-state index contributed by atoms with van der Waals surface area (Å²) in [6.07, 6.45) is 0.173. The number of hydrogen-bond acceptors (Lipinski definition) is 3. The van der Waals surface area contributed by atoms with E-state index in [2.05, 4.69) is 10.6 Å². The van der Waals surface area contributed by atoms with Crippen molar-refractivity contribution < 1.29 is 14.0 Å².